The van der Waals surface area contributed by atoms with Crippen molar-refractivity contribution in [3.63, 3.8) is 0 Å². The van der Waals surface area contributed by atoms with Gasteiger partial charge in [0.2, 0.25) is 12.7 Å². The number of para-hydroxylation sites is 1. The minimum absolute atomic E-state index is 0.0409. The van der Waals surface area contributed by atoms with Crippen molar-refractivity contribution >= 4 is 10.9 Å². The van der Waals surface area contributed by atoms with Crippen molar-refractivity contribution in [3.05, 3.63) is 75.5 Å². The summed E-state index contributed by atoms with van der Waals surface area (Å²) in [5.74, 6) is 1.40. The fourth-order valence-corrected chi connectivity index (χ4v) is 4.66. The van der Waals surface area contributed by atoms with E-state index in [-0.39, 0.29) is 24.4 Å². The average molecular weight is 389 g/mol. The van der Waals surface area contributed by atoms with E-state index in [4.69, 9.17) is 9.47 Å². The highest BCUT2D eigenvalue weighted by molar-refractivity contribution is 5.86. The molecular weight excluding hydrogens is 370 g/mol. The maximum Gasteiger partial charge on any atom is 0.332 e. The molecule has 7 heteroatoms. The number of aromatic amines is 1. The first-order valence-electron chi connectivity index (χ1n) is 9.69. The first kappa shape index (κ1) is 16.4. The van der Waals surface area contributed by atoms with Crippen molar-refractivity contribution in [2.24, 2.45) is 0 Å². The minimum atomic E-state index is -0.387. The Labute approximate surface area is 165 Å². The molecule has 0 fully saturated rings. The molecule has 0 amide bonds. The molecule has 146 valence electrons. The Kier molecular flexibility index (Phi) is 3.21. The predicted octanol–water partition coefficient (Wildman–Crippen LogP) is 3.13. The number of fused-ring (bicyclic) bond motifs is 5. The fraction of sp³-hybridized carbons (Fsp3) is 0.227. The van der Waals surface area contributed by atoms with E-state index in [9.17, 15) is 9.90 Å². The van der Waals surface area contributed by atoms with Gasteiger partial charge >= 0.3 is 5.69 Å². The quantitative estimate of drug-likeness (QED) is 0.486. The van der Waals surface area contributed by atoms with Gasteiger partial charge in [-0.05, 0) is 36.2 Å². The second kappa shape index (κ2) is 5.70. The van der Waals surface area contributed by atoms with Crippen molar-refractivity contribution in [1.29, 1.82) is 0 Å². The summed E-state index contributed by atoms with van der Waals surface area (Å²) in [5, 5.41) is 11.9. The molecule has 1 atom stereocenters. The number of imidazole rings is 1. The third-order valence-electron chi connectivity index (χ3n) is 5.99. The first-order chi connectivity index (χ1) is 14.2. The lowest BCUT2D eigenvalue weighted by atomic mass is 9.93. The summed E-state index contributed by atoms with van der Waals surface area (Å²) in [6.45, 7) is 2.46. The van der Waals surface area contributed by atoms with E-state index < -0.39 is 0 Å². The topological polar surface area (TPSA) is 81.4 Å². The highest BCUT2D eigenvalue weighted by atomic mass is 16.7. The van der Waals surface area contributed by atoms with Crippen LogP contribution in [0.2, 0.25) is 0 Å². The first-order valence-corrected chi connectivity index (χ1v) is 9.69. The van der Waals surface area contributed by atoms with Crippen LogP contribution in [0.5, 0.6) is 17.4 Å². The van der Waals surface area contributed by atoms with Gasteiger partial charge in [-0.25, -0.2) is 4.79 Å². The molecule has 0 saturated heterocycles. The molecule has 0 radical (unpaired) electrons. The largest absolute Gasteiger partial charge is 0.493 e. The molecule has 7 nitrogen and oxygen atoms in total. The lowest BCUT2D eigenvalue weighted by molar-refractivity contribution is 0.174. The van der Waals surface area contributed by atoms with E-state index in [2.05, 4.69) is 11.1 Å². The molecule has 0 aliphatic carbocycles. The summed E-state index contributed by atoms with van der Waals surface area (Å²) in [6.07, 6.45) is 0.495. The molecule has 0 spiro atoms. The van der Waals surface area contributed by atoms with Gasteiger partial charge in [0.1, 0.15) is 6.04 Å². The minimum Gasteiger partial charge on any atom is -0.493 e. The predicted molar refractivity (Wildman–Crippen MR) is 107 cm³/mol. The van der Waals surface area contributed by atoms with Gasteiger partial charge < -0.3 is 19.6 Å². The van der Waals surface area contributed by atoms with Gasteiger partial charge in [0.25, 0.3) is 0 Å². The number of hydrogen-bond acceptors (Lipinski definition) is 4. The van der Waals surface area contributed by atoms with Crippen molar-refractivity contribution < 1.29 is 14.6 Å². The molecule has 0 bridgehead atoms. The van der Waals surface area contributed by atoms with Gasteiger partial charge in [-0.1, -0.05) is 24.3 Å². The molecular formula is C22H19N3O4. The lowest BCUT2D eigenvalue weighted by Crippen LogP contribution is -2.32. The lowest BCUT2D eigenvalue weighted by Gasteiger charge is -2.26. The van der Waals surface area contributed by atoms with E-state index in [0.29, 0.717) is 30.2 Å². The van der Waals surface area contributed by atoms with Crippen LogP contribution in [0.4, 0.5) is 0 Å². The normalized spacial score (nSPS) is 16.8. The maximum absolute atomic E-state index is 13.2. The second-order valence-corrected chi connectivity index (χ2v) is 7.42. The third kappa shape index (κ3) is 2.10. The Morgan fingerprint density at radius 2 is 2.00 bits per heavy atom. The molecule has 2 N–H and O–H groups in total. The van der Waals surface area contributed by atoms with Crippen LogP contribution in [-0.4, -0.2) is 26.0 Å². The summed E-state index contributed by atoms with van der Waals surface area (Å²) in [6, 6.07) is 13.5. The zero-order valence-corrected chi connectivity index (χ0v) is 15.8. The van der Waals surface area contributed by atoms with Crippen LogP contribution in [0.15, 0.2) is 47.3 Å². The number of benzene rings is 2. The summed E-state index contributed by atoms with van der Waals surface area (Å²) < 4.78 is 14.1. The van der Waals surface area contributed by atoms with Crippen molar-refractivity contribution in [2.45, 2.75) is 25.9 Å². The van der Waals surface area contributed by atoms with Crippen LogP contribution < -0.4 is 15.2 Å². The summed E-state index contributed by atoms with van der Waals surface area (Å²) in [7, 11) is 0. The molecule has 4 aromatic rings. The summed E-state index contributed by atoms with van der Waals surface area (Å²) in [4.78, 5) is 16.7. The van der Waals surface area contributed by atoms with Crippen LogP contribution in [0.25, 0.3) is 10.9 Å². The molecule has 2 aliphatic rings. The highest BCUT2D eigenvalue weighted by Gasteiger charge is 2.35. The van der Waals surface area contributed by atoms with Gasteiger partial charge in [-0.15, -0.1) is 0 Å². The molecule has 6 rings (SSSR count). The number of H-pyrrole nitrogens is 1. The molecule has 0 unspecified atom stereocenters. The molecule has 2 aliphatic heterocycles. The van der Waals surface area contributed by atoms with Crippen LogP contribution in [0.1, 0.15) is 35.5 Å². The Balaban J connectivity index is 1.67. The Morgan fingerprint density at radius 3 is 2.86 bits per heavy atom. The van der Waals surface area contributed by atoms with Crippen molar-refractivity contribution in [1.82, 2.24) is 14.1 Å². The van der Waals surface area contributed by atoms with Gasteiger partial charge in [-0.2, -0.15) is 0 Å². The number of nitrogens with zero attached hydrogens (tertiary/aromatic N) is 2. The smallest absolute Gasteiger partial charge is 0.332 e. The van der Waals surface area contributed by atoms with Gasteiger partial charge in [0.15, 0.2) is 11.5 Å². The Bertz CT molecular complexity index is 1340. The number of ether oxygens (including phenoxy) is 2. The van der Waals surface area contributed by atoms with Crippen molar-refractivity contribution in [3.8, 4) is 17.4 Å². The number of nitrogens with one attached hydrogen (secondary N) is 1. The SMILES string of the molecule is CCn1c(O)c2n(c1=O)[C@@H](c1ccc3c(c1)OCO3)c1[nH]c3ccccc3c1C2. The van der Waals surface area contributed by atoms with E-state index in [1.54, 1.807) is 4.57 Å². The molecule has 4 heterocycles. The summed E-state index contributed by atoms with van der Waals surface area (Å²) in [5.41, 5.74) is 4.41. The Morgan fingerprint density at radius 1 is 1.17 bits per heavy atom. The van der Waals surface area contributed by atoms with E-state index in [1.807, 2.05) is 43.3 Å². The molecule has 2 aromatic heterocycles. The zero-order valence-electron chi connectivity index (χ0n) is 15.8. The average Bonchev–Trinajstić information content (AvgIpc) is 3.41. The molecule has 29 heavy (non-hydrogen) atoms. The van der Waals surface area contributed by atoms with Crippen molar-refractivity contribution in [2.75, 3.05) is 6.79 Å². The summed E-state index contributed by atoms with van der Waals surface area (Å²) >= 11 is 0. The van der Waals surface area contributed by atoms with Crippen LogP contribution in [-0.2, 0) is 13.0 Å². The van der Waals surface area contributed by atoms with Crippen LogP contribution in [0, 0.1) is 0 Å². The number of hydrogen-bond donors (Lipinski definition) is 2. The molecule has 2 aromatic carbocycles. The van der Waals surface area contributed by atoms with E-state index >= 15 is 0 Å². The fourth-order valence-electron chi connectivity index (χ4n) is 4.66. The highest BCUT2D eigenvalue weighted by Crippen LogP contribution is 2.43. The van der Waals surface area contributed by atoms with Gasteiger partial charge in [0.05, 0.1) is 5.69 Å². The van der Waals surface area contributed by atoms with Gasteiger partial charge in [-0.3, -0.25) is 9.13 Å². The monoisotopic (exact) mass is 389 g/mol. The van der Waals surface area contributed by atoms with Crippen LogP contribution in [0.3, 0.4) is 0 Å². The number of aromatic hydroxyl groups is 1. The zero-order chi connectivity index (χ0) is 19.7. The van der Waals surface area contributed by atoms with E-state index in [0.717, 1.165) is 27.7 Å². The number of aromatic nitrogens is 3. The number of rotatable bonds is 2. The van der Waals surface area contributed by atoms with Crippen LogP contribution >= 0.6 is 0 Å². The Hall–Kier alpha value is -3.61. The van der Waals surface area contributed by atoms with E-state index in [1.165, 1.54) is 4.57 Å². The van der Waals surface area contributed by atoms with Gasteiger partial charge in [0, 0.05) is 29.6 Å². The molecule has 0 saturated carbocycles. The standard InChI is InChI=1S/C22H19N3O4/c1-2-24-21(26)16-10-14-13-5-3-4-6-15(13)23-19(14)20(25(16)22(24)27)12-7-8-17-18(9-12)29-11-28-17/h3-9,20,23,26H,2,10-11H2,1H3/t20-/m0/s1. The second-order valence-electron chi connectivity index (χ2n) is 7.42. The third-order valence-corrected chi connectivity index (χ3v) is 5.99. The maximum atomic E-state index is 13.2.